The Bertz CT molecular complexity index is 430. The zero-order chi connectivity index (χ0) is 14.7. The molecule has 3 saturated heterocycles. The van der Waals surface area contributed by atoms with E-state index >= 15 is 0 Å². The third kappa shape index (κ3) is 3.79. The van der Waals surface area contributed by atoms with E-state index < -0.39 is 0 Å². The van der Waals surface area contributed by atoms with Gasteiger partial charge in [0.25, 0.3) is 0 Å². The summed E-state index contributed by atoms with van der Waals surface area (Å²) < 4.78 is 0. The molecule has 21 heavy (non-hydrogen) atoms. The largest absolute Gasteiger partial charge is 0.381 e. The molecule has 1 unspecified atom stereocenters. The van der Waals surface area contributed by atoms with Crippen LogP contribution in [0, 0.1) is 5.92 Å². The molecule has 4 rings (SSSR count). The van der Waals surface area contributed by atoms with Gasteiger partial charge in [0.2, 0.25) is 0 Å². The molecule has 1 aliphatic carbocycles. The zero-order valence-corrected chi connectivity index (χ0v) is 13.5. The molecule has 2 bridgehead atoms. The van der Waals surface area contributed by atoms with Crippen LogP contribution in [0.3, 0.4) is 0 Å². The summed E-state index contributed by atoms with van der Waals surface area (Å²) in [5, 5.41) is 3.70. The van der Waals surface area contributed by atoms with Crippen LogP contribution in [-0.2, 0) is 0 Å². The molecular formula is C19H30N2. The fourth-order valence-electron chi connectivity index (χ4n) is 3.98. The quantitative estimate of drug-likeness (QED) is 0.785. The molecule has 1 atom stereocenters. The molecule has 0 aromatic rings. The van der Waals surface area contributed by atoms with Crippen molar-refractivity contribution in [3.63, 3.8) is 0 Å². The van der Waals surface area contributed by atoms with E-state index in [9.17, 15) is 0 Å². The van der Waals surface area contributed by atoms with Gasteiger partial charge in [-0.3, -0.25) is 0 Å². The number of allylic oxidation sites excluding steroid dienone is 4. The van der Waals surface area contributed by atoms with Crippen LogP contribution in [0.1, 0.15) is 51.9 Å². The SMILES string of the molecule is C=C(NC1CN2CCC1CC2)/C(C)=C/C=C1CCCCC1. The Kier molecular flexibility index (Phi) is 4.84. The van der Waals surface area contributed by atoms with Gasteiger partial charge in [-0.2, -0.15) is 0 Å². The highest BCUT2D eigenvalue weighted by atomic mass is 15.2. The standard InChI is InChI=1S/C19H30N2/c1-15(8-9-17-6-4-3-5-7-17)16(2)20-19-14-21-12-10-18(19)11-13-21/h8-9,18-20H,2-7,10-14H2,1H3/b15-8+. The molecule has 0 amide bonds. The molecule has 116 valence electrons. The van der Waals surface area contributed by atoms with Gasteiger partial charge in [-0.1, -0.05) is 30.7 Å². The number of piperidine rings is 3. The predicted octanol–water partition coefficient (Wildman–Crippen LogP) is 4.02. The van der Waals surface area contributed by atoms with Gasteiger partial charge < -0.3 is 10.2 Å². The molecule has 3 aliphatic heterocycles. The minimum atomic E-state index is 0.616. The molecule has 0 spiro atoms. The Morgan fingerprint density at radius 1 is 1.19 bits per heavy atom. The van der Waals surface area contributed by atoms with Crippen molar-refractivity contribution >= 4 is 0 Å². The summed E-state index contributed by atoms with van der Waals surface area (Å²) in [7, 11) is 0. The molecule has 1 saturated carbocycles. The smallest absolute Gasteiger partial charge is 0.0417 e. The predicted molar refractivity (Wildman–Crippen MR) is 90.2 cm³/mol. The monoisotopic (exact) mass is 286 g/mol. The van der Waals surface area contributed by atoms with Gasteiger partial charge >= 0.3 is 0 Å². The lowest BCUT2D eigenvalue weighted by Gasteiger charge is -2.45. The van der Waals surface area contributed by atoms with E-state index in [0.717, 1.165) is 11.6 Å². The van der Waals surface area contributed by atoms with Gasteiger partial charge in [-0.15, -0.1) is 0 Å². The molecule has 0 aromatic carbocycles. The summed E-state index contributed by atoms with van der Waals surface area (Å²) in [4.78, 5) is 2.59. The molecule has 3 heterocycles. The molecule has 4 aliphatic rings. The van der Waals surface area contributed by atoms with E-state index in [4.69, 9.17) is 0 Å². The lowest BCUT2D eigenvalue weighted by Crippen LogP contribution is -2.55. The zero-order valence-electron chi connectivity index (χ0n) is 13.5. The van der Waals surface area contributed by atoms with Crippen LogP contribution in [0.15, 0.2) is 35.6 Å². The maximum absolute atomic E-state index is 4.27. The van der Waals surface area contributed by atoms with Crippen molar-refractivity contribution < 1.29 is 0 Å². The maximum atomic E-state index is 4.27. The average molecular weight is 286 g/mol. The average Bonchev–Trinajstić information content (AvgIpc) is 2.54. The van der Waals surface area contributed by atoms with Gasteiger partial charge in [0, 0.05) is 18.3 Å². The second kappa shape index (κ2) is 6.83. The summed E-state index contributed by atoms with van der Waals surface area (Å²) in [6, 6.07) is 0.616. The first kappa shape index (κ1) is 14.9. The van der Waals surface area contributed by atoms with Crippen LogP contribution in [0.25, 0.3) is 0 Å². The number of rotatable bonds is 4. The Hall–Kier alpha value is -1.02. The summed E-state index contributed by atoms with van der Waals surface area (Å²) in [5.41, 5.74) is 4.04. The fourth-order valence-corrected chi connectivity index (χ4v) is 3.98. The van der Waals surface area contributed by atoms with Gasteiger partial charge in [0.05, 0.1) is 0 Å². The van der Waals surface area contributed by atoms with E-state index in [1.54, 1.807) is 5.57 Å². The van der Waals surface area contributed by atoms with Gasteiger partial charge in [-0.05, 0) is 70.0 Å². The summed E-state index contributed by atoms with van der Waals surface area (Å²) in [6.07, 6.45) is 14.1. The van der Waals surface area contributed by atoms with E-state index in [1.807, 2.05) is 0 Å². The Morgan fingerprint density at radius 3 is 2.52 bits per heavy atom. The molecular weight excluding hydrogens is 256 g/mol. The Labute approximate surface area is 130 Å². The molecule has 2 nitrogen and oxygen atoms in total. The van der Waals surface area contributed by atoms with E-state index in [-0.39, 0.29) is 0 Å². The number of hydrogen-bond acceptors (Lipinski definition) is 2. The highest BCUT2D eigenvalue weighted by molar-refractivity contribution is 5.30. The second-order valence-corrected chi connectivity index (χ2v) is 7.10. The lowest BCUT2D eigenvalue weighted by atomic mass is 9.84. The maximum Gasteiger partial charge on any atom is 0.0417 e. The third-order valence-corrected chi connectivity index (χ3v) is 5.56. The Morgan fingerprint density at radius 2 is 1.90 bits per heavy atom. The van der Waals surface area contributed by atoms with Crippen LogP contribution < -0.4 is 5.32 Å². The number of hydrogen-bond donors (Lipinski definition) is 1. The summed E-state index contributed by atoms with van der Waals surface area (Å²) in [6.45, 7) is 10.3. The van der Waals surface area contributed by atoms with Crippen molar-refractivity contribution in [1.29, 1.82) is 0 Å². The van der Waals surface area contributed by atoms with Crippen molar-refractivity contribution in [3.8, 4) is 0 Å². The van der Waals surface area contributed by atoms with E-state index in [0.29, 0.717) is 6.04 Å². The van der Waals surface area contributed by atoms with Gasteiger partial charge in [-0.25, -0.2) is 0 Å². The fraction of sp³-hybridized carbons (Fsp3) is 0.684. The lowest BCUT2D eigenvalue weighted by molar-refractivity contribution is 0.0776. The van der Waals surface area contributed by atoms with Gasteiger partial charge in [0.15, 0.2) is 0 Å². The number of nitrogens with zero attached hydrogens (tertiary/aromatic N) is 1. The second-order valence-electron chi connectivity index (χ2n) is 7.10. The van der Waals surface area contributed by atoms with Crippen LogP contribution >= 0.6 is 0 Å². The molecule has 2 heteroatoms. The molecule has 0 aromatic heterocycles. The molecule has 0 radical (unpaired) electrons. The van der Waals surface area contributed by atoms with Crippen molar-refractivity contribution in [2.24, 2.45) is 5.92 Å². The van der Waals surface area contributed by atoms with Crippen LogP contribution in [-0.4, -0.2) is 30.6 Å². The van der Waals surface area contributed by atoms with E-state index in [1.165, 1.54) is 70.2 Å². The molecule has 4 fully saturated rings. The van der Waals surface area contributed by atoms with Crippen LogP contribution in [0.4, 0.5) is 0 Å². The van der Waals surface area contributed by atoms with Crippen molar-refractivity contribution in [2.45, 2.75) is 57.9 Å². The topological polar surface area (TPSA) is 15.3 Å². The van der Waals surface area contributed by atoms with Gasteiger partial charge in [0.1, 0.15) is 0 Å². The third-order valence-electron chi connectivity index (χ3n) is 5.56. The minimum Gasteiger partial charge on any atom is -0.381 e. The Balaban J connectivity index is 1.54. The first-order chi connectivity index (χ1) is 10.2. The first-order valence-corrected chi connectivity index (χ1v) is 8.77. The van der Waals surface area contributed by atoms with Crippen LogP contribution in [0.5, 0.6) is 0 Å². The first-order valence-electron chi connectivity index (χ1n) is 8.77. The highest BCUT2D eigenvalue weighted by Crippen LogP contribution is 2.28. The van der Waals surface area contributed by atoms with E-state index in [2.05, 4.69) is 35.9 Å². The number of nitrogens with one attached hydrogen (secondary N) is 1. The van der Waals surface area contributed by atoms with Crippen molar-refractivity contribution in [3.05, 3.63) is 35.6 Å². The van der Waals surface area contributed by atoms with Crippen molar-refractivity contribution in [2.75, 3.05) is 19.6 Å². The van der Waals surface area contributed by atoms with Crippen LogP contribution in [0.2, 0.25) is 0 Å². The normalized spacial score (nSPS) is 32.9. The highest BCUT2D eigenvalue weighted by Gasteiger charge is 2.34. The molecule has 1 N–H and O–H groups in total. The number of fused-ring (bicyclic) bond motifs is 3. The van der Waals surface area contributed by atoms with Crippen molar-refractivity contribution in [1.82, 2.24) is 10.2 Å². The summed E-state index contributed by atoms with van der Waals surface area (Å²) >= 11 is 0. The summed E-state index contributed by atoms with van der Waals surface area (Å²) in [5.74, 6) is 0.858. The minimum absolute atomic E-state index is 0.616.